The first-order valence-electron chi connectivity index (χ1n) is 10.1. The summed E-state index contributed by atoms with van der Waals surface area (Å²) in [5.41, 5.74) is -4.70. The van der Waals surface area contributed by atoms with Crippen LogP contribution in [0.4, 0.5) is 13.2 Å². The van der Waals surface area contributed by atoms with Crippen molar-refractivity contribution in [2.45, 2.75) is 17.5 Å². The summed E-state index contributed by atoms with van der Waals surface area (Å²) in [6.07, 6.45) is 8.82. The normalized spacial score (nSPS) is 16.5. The Morgan fingerprint density at radius 2 is 1.89 bits per heavy atom. The van der Waals surface area contributed by atoms with Crippen molar-refractivity contribution in [3.05, 3.63) is 43.2 Å². The maximum atomic E-state index is 13.0. The number of carboxylic acids is 1. The molecular weight excluding hydrogens is 493 g/mol. The molecule has 184 valence electrons. The summed E-state index contributed by atoms with van der Waals surface area (Å²) >= 11 is 0. The second-order valence-electron chi connectivity index (χ2n) is 8.21. The van der Waals surface area contributed by atoms with Crippen LogP contribution in [0, 0.1) is 0 Å². The zero-order valence-corrected chi connectivity index (χ0v) is 18.8. The Bertz CT molecular complexity index is 1550. The molecule has 1 aliphatic heterocycles. The van der Waals surface area contributed by atoms with Gasteiger partial charge in [0, 0.05) is 56.6 Å². The molecule has 12 nitrogen and oxygen atoms in total. The zero-order valence-electron chi connectivity index (χ0n) is 18.0. The molecule has 0 bridgehead atoms. The van der Waals surface area contributed by atoms with Crippen LogP contribution in [0.5, 0.6) is 0 Å². The minimum absolute atomic E-state index is 0.201. The van der Waals surface area contributed by atoms with Gasteiger partial charge in [-0.25, -0.2) is 18.4 Å². The molecule has 0 saturated carbocycles. The number of imidazole rings is 1. The van der Waals surface area contributed by atoms with Gasteiger partial charge in [0.05, 0.1) is 30.1 Å². The molecule has 35 heavy (non-hydrogen) atoms. The summed E-state index contributed by atoms with van der Waals surface area (Å²) < 4.78 is 67.0. The van der Waals surface area contributed by atoms with Gasteiger partial charge < -0.3 is 5.11 Å². The predicted octanol–water partition coefficient (Wildman–Crippen LogP) is 1.33. The van der Waals surface area contributed by atoms with Crippen LogP contribution < -0.4 is 0 Å². The minimum atomic E-state index is -5.59. The van der Waals surface area contributed by atoms with Crippen LogP contribution in [0.1, 0.15) is 6.42 Å². The lowest BCUT2D eigenvalue weighted by molar-refractivity contribution is -0.141. The summed E-state index contributed by atoms with van der Waals surface area (Å²) in [5, 5.41) is 17.7. The number of sulfonamides is 1. The lowest BCUT2D eigenvalue weighted by Gasteiger charge is -2.48. The second kappa shape index (κ2) is 7.61. The Kier molecular flexibility index (Phi) is 4.99. The zero-order chi connectivity index (χ0) is 25.2. The standard InChI is InChI=1S/C19H17F3N8O4S/c1-27-8-12(6-24-27)14-4-15-23-2-3-29(15)17(26-14)13-7-25-30(9-13)18(5-16(31)32)10-28(11-18)35(33,34)19(20,21)22/h2-4,6-9H,5,10-11H2,1H3,(H,31,32). The van der Waals surface area contributed by atoms with Gasteiger partial charge in [0.2, 0.25) is 0 Å². The number of nitrogens with zero attached hydrogens (tertiary/aromatic N) is 8. The Balaban J connectivity index is 1.54. The number of hydrogen-bond donors (Lipinski definition) is 1. The van der Waals surface area contributed by atoms with Crippen LogP contribution >= 0.6 is 0 Å². The third-order valence-corrected chi connectivity index (χ3v) is 7.29. The van der Waals surface area contributed by atoms with E-state index in [1.54, 1.807) is 47.0 Å². The minimum Gasteiger partial charge on any atom is -0.481 e. The van der Waals surface area contributed by atoms with Gasteiger partial charge in [0.15, 0.2) is 0 Å². The highest BCUT2D eigenvalue weighted by Gasteiger charge is 2.59. The SMILES string of the molecule is Cn1cc(-c2cc3nccn3c(-c3cnn(C4(CC(=O)O)CN(S(=O)(=O)C(F)(F)F)C4)c3)n2)cn1. The molecule has 5 heterocycles. The fourth-order valence-corrected chi connectivity index (χ4v) is 5.19. The van der Waals surface area contributed by atoms with Gasteiger partial charge in [0.1, 0.15) is 17.0 Å². The molecule has 4 aromatic heterocycles. The van der Waals surface area contributed by atoms with Crippen molar-refractivity contribution < 1.29 is 31.5 Å². The van der Waals surface area contributed by atoms with Gasteiger partial charge in [-0.05, 0) is 0 Å². The first-order valence-corrected chi connectivity index (χ1v) is 11.5. The number of hydrogen-bond acceptors (Lipinski definition) is 7. The Labute approximate surface area is 195 Å². The van der Waals surface area contributed by atoms with Gasteiger partial charge in [-0.2, -0.15) is 27.7 Å². The molecule has 1 saturated heterocycles. The maximum absolute atomic E-state index is 13.0. The topological polar surface area (TPSA) is 141 Å². The van der Waals surface area contributed by atoms with E-state index in [9.17, 15) is 31.5 Å². The number of aryl methyl sites for hydroxylation is 1. The maximum Gasteiger partial charge on any atom is 0.511 e. The van der Waals surface area contributed by atoms with Crippen LogP contribution in [0.15, 0.2) is 43.2 Å². The average molecular weight is 510 g/mol. The van der Waals surface area contributed by atoms with E-state index in [1.165, 1.54) is 17.1 Å². The van der Waals surface area contributed by atoms with Gasteiger partial charge in [-0.3, -0.25) is 18.6 Å². The molecule has 0 atom stereocenters. The molecule has 0 aliphatic carbocycles. The Morgan fingerprint density at radius 1 is 1.17 bits per heavy atom. The van der Waals surface area contributed by atoms with E-state index < -0.39 is 46.6 Å². The number of alkyl halides is 3. The van der Waals surface area contributed by atoms with Crippen LogP contribution in [0.25, 0.3) is 28.3 Å². The quantitative estimate of drug-likeness (QED) is 0.410. The number of aromatic nitrogens is 7. The molecule has 1 N–H and O–H groups in total. The van der Waals surface area contributed by atoms with E-state index in [0.717, 1.165) is 5.56 Å². The first kappa shape index (κ1) is 23.0. The monoisotopic (exact) mass is 510 g/mol. The highest BCUT2D eigenvalue weighted by Crippen LogP contribution is 2.39. The van der Waals surface area contributed by atoms with Crippen LogP contribution in [-0.4, -0.2) is 76.3 Å². The fourth-order valence-electron chi connectivity index (χ4n) is 4.07. The number of rotatable bonds is 6. The van der Waals surface area contributed by atoms with E-state index in [4.69, 9.17) is 0 Å². The Hall–Kier alpha value is -3.79. The van der Waals surface area contributed by atoms with Crippen molar-refractivity contribution in [2.75, 3.05) is 13.1 Å². The third-order valence-electron chi connectivity index (χ3n) is 5.77. The van der Waals surface area contributed by atoms with E-state index in [1.807, 2.05) is 0 Å². The van der Waals surface area contributed by atoms with Crippen molar-refractivity contribution >= 4 is 21.6 Å². The predicted molar refractivity (Wildman–Crippen MR) is 113 cm³/mol. The molecule has 0 unspecified atom stereocenters. The second-order valence-corrected chi connectivity index (χ2v) is 10.1. The highest BCUT2D eigenvalue weighted by atomic mass is 32.2. The van der Waals surface area contributed by atoms with Gasteiger partial charge in [-0.15, -0.1) is 0 Å². The molecule has 16 heteroatoms. The number of carbonyl (C=O) groups is 1. The highest BCUT2D eigenvalue weighted by molar-refractivity contribution is 7.90. The molecule has 0 spiro atoms. The molecule has 5 rings (SSSR count). The summed E-state index contributed by atoms with van der Waals surface area (Å²) in [5.74, 6) is -0.908. The van der Waals surface area contributed by atoms with Crippen molar-refractivity contribution in [3.63, 3.8) is 0 Å². The molecule has 0 amide bonds. The molecular formula is C19H17F3N8O4S. The number of halogens is 3. The fraction of sp³-hybridized carbons (Fsp3) is 0.316. The van der Waals surface area contributed by atoms with Crippen molar-refractivity contribution in [1.29, 1.82) is 0 Å². The van der Waals surface area contributed by atoms with E-state index in [0.29, 0.717) is 22.7 Å². The smallest absolute Gasteiger partial charge is 0.481 e. The summed E-state index contributed by atoms with van der Waals surface area (Å²) in [7, 11) is -3.83. The number of aliphatic carboxylic acids is 1. The molecule has 1 fully saturated rings. The van der Waals surface area contributed by atoms with Gasteiger partial charge >= 0.3 is 21.5 Å². The van der Waals surface area contributed by atoms with E-state index in [-0.39, 0.29) is 4.31 Å². The van der Waals surface area contributed by atoms with Crippen LogP contribution in [0.3, 0.4) is 0 Å². The lowest BCUT2D eigenvalue weighted by Crippen LogP contribution is -2.66. The number of fused-ring (bicyclic) bond motifs is 1. The molecule has 0 radical (unpaired) electrons. The van der Waals surface area contributed by atoms with Gasteiger partial charge in [-0.1, -0.05) is 0 Å². The van der Waals surface area contributed by atoms with Gasteiger partial charge in [0.25, 0.3) is 0 Å². The first-order chi connectivity index (χ1) is 16.4. The average Bonchev–Trinajstić information content (AvgIpc) is 3.48. The van der Waals surface area contributed by atoms with E-state index >= 15 is 0 Å². The van der Waals surface area contributed by atoms with Crippen molar-refractivity contribution in [2.24, 2.45) is 7.05 Å². The molecule has 4 aromatic rings. The molecule has 0 aromatic carbocycles. The Morgan fingerprint density at radius 3 is 2.51 bits per heavy atom. The van der Waals surface area contributed by atoms with Crippen LogP contribution in [-0.2, 0) is 27.4 Å². The lowest BCUT2D eigenvalue weighted by atomic mass is 9.88. The summed E-state index contributed by atoms with van der Waals surface area (Å²) in [6.45, 7) is -1.38. The summed E-state index contributed by atoms with van der Waals surface area (Å²) in [6, 6.07) is 1.75. The van der Waals surface area contributed by atoms with Crippen molar-refractivity contribution in [1.82, 2.24) is 38.2 Å². The third kappa shape index (κ3) is 3.74. The number of carboxylic acid groups (broad SMARTS) is 1. The largest absolute Gasteiger partial charge is 0.511 e. The molecule has 1 aliphatic rings. The van der Waals surface area contributed by atoms with Crippen LogP contribution in [0.2, 0.25) is 0 Å². The van der Waals surface area contributed by atoms with Crippen molar-refractivity contribution in [3.8, 4) is 22.6 Å². The summed E-state index contributed by atoms with van der Waals surface area (Å²) in [4.78, 5) is 20.4. The van der Waals surface area contributed by atoms with E-state index in [2.05, 4.69) is 20.2 Å².